The Morgan fingerprint density at radius 1 is 1.29 bits per heavy atom. The standard InChI is InChI=1S/C16H20N2O3/c1-4-10-20-13-8-6-12(7-9-13)15(19)17-16-14(5-2)11(3)18-21-16/h6-9H,4-5,10H2,1-3H3,(H,17,19). The van der Waals surface area contributed by atoms with E-state index >= 15 is 0 Å². The molecule has 112 valence electrons. The van der Waals surface area contributed by atoms with E-state index in [4.69, 9.17) is 9.26 Å². The molecule has 0 radical (unpaired) electrons. The summed E-state index contributed by atoms with van der Waals surface area (Å²) in [6.07, 6.45) is 1.71. The third-order valence-electron chi connectivity index (χ3n) is 3.15. The monoisotopic (exact) mass is 288 g/mol. The van der Waals surface area contributed by atoms with Gasteiger partial charge in [0.2, 0.25) is 5.88 Å². The summed E-state index contributed by atoms with van der Waals surface area (Å²) in [6.45, 7) is 6.57. The lowest BCUT2D eigenvalue weighted by Crippen LogP contribution is -2.12. The first-order chi connectivity index (χ1) is 10.2. The Labute approximate surface area is 124 Å². The van der Waals surface area contributed by atoms with E-state index in [2.05, 4.69) is 10.5 Å². The molecule has 1 amide bonds. The van der Waals surface area contributed by atoms with Crippen LogP contribution in [0.25, 0.3) is 0 Å². The molecule has 0 atom stereocenters. The molecular formula is C16H20N2O3. The lowest BCUT2D eigenvalue weighted by atomic mass is 10.1. The second kappa shape index (κ2) is 6.92. The summed E-state index contributed by atoms with van der Waals surface area (Å²) >= 11 is 0. The van der Waals surface area contributed by atoms with Crippen LogP contribution < -0.4 is 10.1 Å². The van der Waals surface area contributed by atoms with Crippen molar-refractivity contribution in [2.24, 2.45) is 0 Å². The van der Waals surface area contributed by atoms with Crippen molar-refractivity contribution in [2.45, 2.75) is 33.6 Å². The van der Waals surface area contributed by atoms with Crippen molar-refractivity contribution in [1.29, 1.82) is 0 Å². The van der Waals surface area contributed by atoms with E-state index in [0.717, 1.165) is 29.8 Å². The van der Waals surface area contributed by atoms with Crippen LogP contribution in [0.3, 0.4) is 0 Å². The number of aromatic nitrogens is 1. The Hall–Kier alpha value is -2.30. The predicted octanol–water partition coefficient (Wildman–Crippen LogP) is 3.59. The van der Waals surface area contributed by atoms with Gasteiger partial charge in [-0.2, -0.15) is 0 Å². The van der Waals surface area contributed by atoms with E-state index in [1.807, 2.05) is 20.8 Å². The zero-order valence-corrected chi connectivity index (χ0v) is 12.6. The number of rotatable bonds is 6. The number of hydrogen-bond acceptors (Lipinski definition) is 4. The lowest BCUT2D eigenvalue weighted by Gasteiger charge is -2.06. The topological polar surface area (TPSA) is 64.4 Å². The fourth-order valence-electron chi connectivity index (χ4n) is 2.00. The number of anilines is 1. The lowest BCUT2D eigenvalue weighted by molar-refractivity contribution is 0.102. The fourth-order valence-corrected chi connectivity index (χ4v) is 2.00. The average molecular weight is 288 g/mol. The Bertz CT molecular complexity index is 602. The number of hydrogen-bond donors (Lipinski definition) is 1. The highest BCUT2D eigenvalue weighted by Gasteiger charge is 2.15. The number of aryl methyl sites for hydroxylation is 1. The van der Waals surface area contributed by atoms with Gasteiger partial charge < -0.3 is 9.26 Å². The minimum absolute atomic E-state index is 0.220. The second-order valence-electron chi connectivity index (χ2n) is 4.76. The van der Waals surface area contributed by atoms with E-state index in [1.165, 1.54) is 0 Å². The van der Waals surface area contributed by atoms with Gasteiger partial charge in [-0.1, -0.05) is 19.0 Å². The zero-order chi connectivity index (χ0) is 15.2. The first-order valence-electron chi connectivity index (χ1n) is 7.15. The molecule has 1 aromatic heterocycles. The molecule has 1 heterocycles. The first-order valence-corrected chi connectivity index (χ1v) is 7.15. The van der Waals surface area contributed by atoms with Crippen molar-refractivity contribution < 1.29 is 14.1 Å². The number of ether oxygens (including phenoxy) is 1. The van der Waals surface area contributed by atoms with Crippen LogP contribution in [-0.2, 0) is 6.42 Å². The number of carbonyl (C=O) groups is 1. The number of nitrogens with zero attached hydrogens (tertiary/aromatic N) is 1. The minimum atomic E-state index is -0.220. The molecule has 2 rings (SSSR count). The van der Waals surface area contributed by atoms with E-state index in [9.17, 15) is 4.79 Å². The van der Waals surface area contributed by atoms with Crippen LogP contribution in [-0.4, -0.2) is 17.7 Å². The van der Waals surface area contributed by atoms with Gasteiger partial charge in [0.05, 0.1) is 12.3 Å². The van der Waals surface area contributed by atoms with Crippen molar-refractivity contribution in [2.75, 3.05) is 11.9 Å². The van der Waals surface area contributed by atoms with Crippen molar-refractivity contribution in [1.82, 2.24) is 5.16 Å². The van der Waals surface area contributed by atoms with Crippen LogP contribution in [0.2, 0.25) is 0 Å². The molecule has 0 bridgehead atoms. The van der Waals surface area contributed by atoms with Gasteiger partial charge in [0.15, 0.2) is 0 Å². The largest absolute Gasteiger partial charge is 0.494 e. The van der Waals surface area contributed by atoms with Gasteiger partial charge in [-0.05, 0) is 44.0 Å². The van der Waals surface area contributed by atoms with Gasteiger partial charge in [-0.15, -0.1) is 0 Å². The highest BCUT2D eigenvalue weighted by Crippen LogP contribution is 2.21. The highest BCUT2D eigenvalue weighted by atomic mass is 16.5. The van der Waals surface area contributed by atoms with Gasteiger partial charge in [0, 0.05) is 11.1 Å². The van der Waals surface area contributed by atoms with Crippen LogP contribution in [0.4, 0.5) is 5.88 Å². The fraction of sp³-hybridized carbons (Fsp3) is 0.375. The predicted molar refractivity (Wildman–Crippen MR) is 80.8 cm³/mol. The van der Waals surface area contributed by atoms with Crippen molar-refractivity contribution in [3.63, 3.8) is 0 Å². The molecule has 0 aliphatic rings. The Morgan fingerprint density at radius 3 is 2.62 bits per heavy atom. The maximum atomic E-state index is 12.2. The van der Waals surface area contributed by atoms with Crippen LogP contribution in [0.1, 0.15) is 41.9 Å². The quantitative estimate of drug-likeness (QED) is 0.882. The van der Waals surface area contributed by atoms with Gasteiger partial charge in [-0.25, -0.2) is 0 Å². The summed E-state index contributed by atoms with van der Waals surface area (Å²) in [5.41, 5.74) is 2.28. The van der Waals surface area contributed by atoms with E-state index in [-0.39, 0.29) is 5.91 Å². The number of amides is 1. The van der Waals surface area contributed by atoms with Gasteiger partial charge in [0.1, 0.15) is 5.75 Å². The Kier molecular flexibility index (Phi) is 4.98. The third kappa shape index (κ3) is 3.62. The number of benzene rings is 1. The molecule has 5 nitrogen and oxygen atoms in total. The SMILES string of the molecule is CCCOc1ccc(C(=O)Nc2onc(C)c2CC)cc1. The third-order valence-corrected chi connectivity index (χ3v) is 3.15. The van der Waals surface area contributed by atoms with Crippen LogP contribution in [0.15, 0.2) is 28.8 Å². The van der Waals surface area contributed by atoms with Crippen molar-refractivity contribution >= 4 is 11.8 Å². The summed E-state index contributed by atoms with van der Waals surface area (Å²) in [6, 6.07) is 7.04. The molecule has 21 heavy (non-hydrogen) atoms. The summed E-state index contributed by atoms with van der Waals surface area (Å²) < 4.78 is 10.6. The zero-order valence-electron chi connectivity index (χ0n) is 12.6. The molecule has 1 N–H and O–H groups in total. The maximum Gasteiger partial charge on any atom is 0.258 e. The minimum Gasteiger partial charge on any atom is -0.494 e. The van der Waals surface area contributed by atoms with E-state index in [1.54, 1.807) is 24.3 Å². The van der Waals surface area contributed by atoms with Crippen molar-refractivity contribution in [3.8, 4) is 5.75 Å². The molecular weight excluding hydrogens is 268 g/mol. The summed E-state index contributed by atoms with van der Waals surface area (Å²) in [5, 5.41) is 6.62. The highest BCUT2D eigenvalue weighted by molar-refractivity contribution is 6.03. The normalized spacial score (nSPS) is 10.4. The smallest absolute Gasteiger partial charge is 0.258 e. The molecule has 0 fully saturated rings. The Balaban J connectivity index is 2.06. The number of carbonyl (C=O) groups excluding carboxylic acids is 1. The molecule has 0 spiro atoms. The molecule has 0 aliphatic carbocycles. The molecule has 5 heteroatoms. The van der Waals surface area contributed by atoms with Gasteiger partial charge in [0.25, 0.3) is 5.91 Å². The summed E-state index contributed by atoms with van der Waals surface area (Å²) in [4.78, 5) is 12.2. The molecule has 0 unspecified atom stereocenters. The average Bonchev–Trinajstić information content (AvgIpc) is 2.85. The number of nitrogens with one attached hydrogen (secondary N) is 1. The molecule has 1 aromatic carbocycles. The molecule has 2 aromatic rings. The molecule has 0 saturated heterocycles. The van der Waals surface area contributed by atoms with E-state index < -0.39 is 0 Å². The summed E-state index contributed by atoms with van der Waals surface area (Å²) in [7, 11) is 0. The van der Waals surface area contributed by atoms with Crippen LogP contribution in [0, 0.1) is 6.92 Å². The van der Waals surface area contributed by atoms with Crippen LogP contribution in [0.5, 0.6) is 5.75 Å². The van der Waals surface area contributed by atoms with Crippen molar-refractivity contribution in [3.05, 3.63) is 41.1 Å². The summed E-state index contributed by atoms with van der Waals surface area (Å²) in [5.74, 6) is 0.965. The van der Waals surface area contributed by atoms with Gasteiger partial charge in [-0.3, -0.25) is 10.1 Å². The molecule has 0 aliphatic heterocycles. The molecule has 0 saturated carbocycles. The second-order valence-corrected chi connectivity index (χ2v) is 4.76. The van der Waals surface area contributed by atoms with Gasteiger partial charge >= 0.3 is 0 Å². The maximum absolute atomic E-state index is 12.2. The van der Waals surface area contributed by atoms with E-state index in [0.29, 0.717) is 18.1 Å². The Morgan fingerprint density at radius 2 is 2.00 bits per heavy atom. The first kappa shape index (κ1) is 15.1. The van der Waals surface area contributed by atoms with Crippen LogP contribution >= 0.6 is 0 Å².